The van der Waals surface area contributed by atoms with Crippen molar-refractivity contribution in [2.75, 3.05) is 6.61 Å². The summed E-state index contributed by atoms with van der Waals surface area (Å²) in [4.78, 5) is 10.7. The predicted octanol–water partition coefficient (Wildman–Crippen LogP) is 2.55. The van der Waals surface area contributed by atoms with Crippen LogP contribution >= 0.6 is 0 Å². The van der Waals surface area contributed by atoms with Crippen LogP contribution in [0.25, 0.3) is 0 Å². The smallest absolute Gasteiger partial charge is 0.302 e. The average Bonchev–Trinajstić information content (AvgIpc) is 2.34. The quantitative estimate of drug-likeness (QED) is 0.455. The van der Waals surface area contributed by atoms with Gasteiger partial charge in [0.25, 0.3) is 0 Å². The molecular weight excluding hydrogens is 228 g/mol. The molecular formula is C15H18O3. The first-order chi connectivity index (χ1) is 8.68. The molecule has 0 unspecified atom stereocenters. The monoisotopic (exact) mass is 246 g/mol. The van der Waals surface area contributed by atoms with Crippen LogP contribution in [0.3, 0.4) is 0 Å². The lowest BCUT2D eigenvalue weighted by molar-refractivity contribution is -0.145. The van der Waals surface area contributed by atoms with E-state index in [1.54, 1.807) is 0 Å². The fraction of sp³-hybridized carbons (Fsp3) is 0.400. The van der Waals surface area contributed by atoms with E-state index in [1.807, 2.05) is 37.3 Å². The number of esters is 1. The van der Waals surface area contributed by atoms with Gasteiger partial charge in [0, 0.05) is 13.3 Å². The number of benzene rings is 1. The second-order valence-corrected chi connectivity index (χ2v) is 3.96. The third kappa shape index (κ3) is 6.72. The van der Waals surface area contributed by atoms with E-state index in [4.69, 9.17) is 9.47 Å². The van der Waals surface area contributed by atoms with E-state index in [0.29, 0.717) is 19.6 Å². The SMILES string of the molecule is CC(=O)O[C@H](C)CC#CCOCc1ccccc1. The van der Waals surface area contributed by atoms with Crippen LogP contribution < -0.4 is 0 Å². The van der Waals surface area contributed by atoms with Crippen molar-refractivity contribution < 1.29 is 14.3 Å². The van der Waals surface area contributed by atoms with Crippen molar-refractivity contribution in [3.63, 3.8) is 0 Å². The van der Waals surface area contributed by atoms with Gasteiger partial charge in [0.15, 0.2) is 0 Å². The second-order valence-electron chi connectivity index (χ2n) is 3.96. The molecule has 0 saturated heterocycles. The van der Waals surface area contributed by atoms with Crippen LogP contribution in [-0.2, 0) is 20.9 Å². The lowest BCUT2D eigenvalue weighted by atomic mass is 10.2. The summed E-state index contributed by atoms with van der Waals surface area (Å²) in [6.45, 7) is 4.17. The minimum absolute atomic E-state index is 0.163. The van der Waals surface area contributed by atoms with Crippen molar-refractivity contribution >= 4 is 5.97 Å². The summed E-state index contributed by atoms with van der Waals surface area (Å²) in [7, 11) is 0. The van der Waals surface area contributed by atoms with Crippen LogP contribution in [0.5, 0.6) is 0 Å². The lowest BCUT2D eigenvalue weighted by Gasteiger charge is -2.06. The van der Waals surface area contributed by atoms with E-state index in [2.05, 4.69) is 11.8 Å². The van der Waals surface area contributed by atoms with Gasteiger partial charge >= 0.3 is 5.97 Å². The van der Waals surface area contributed by atoms with Crippen LogP contribution in [-0.4, -0.2) is 18.7 Å². The van der Waals surface area contributed by atoms with Crippen molar-refractivity contribution in [1.29, 1.82) is 0 Å². The van der Waals surface area contributed by atoms with Crippen molar-refractivity contribution in [3.8, 4) is 11.8 Å². The summed E-state index contributed by atoms with van der Waals surface area (Å²) in [6.07, 6.45) is 0.373. The van der Waals surface area contributed by atoms with Gasteiger partial charge < -0.3 is 9.47 Å². The third-order valence-electron chi connectivity index (χ3n) is 2.17. The molecule has 0 aliphatic carbocycles. The van der Waals surface area contributed by atoms with E-state index < -0.39 is 0 Å². The first kappa shape index (κ1) is 14.3. The zero-order valence-electron chi connectivity index (χ0n) is 10.8. The summed E-state index contributed by atoms with van der Waals surface area (Å²) in [6, 6.07) is 9.95. The molecule has 0 spiro atoms. The minimum atomic E-state index is -0.273. The first-order valence-corrected chi connectivity index (χ1v) is 5.93. The maximum Gasteiger partial charge on any atom is 0.302 e. The average molecular weight is 246 g/mol. The Balaban J connectivity index is 2.13. The van der Waals surface area contributed by atoms with Crippen LogP contribution in [0.2, 0.25) is 0 Å². The molecule has 1 atom stereocenters. The lowest BCUT2D eigenvalue weighted by Crippen LogP contribution is -2.10. The van der Waals surface area contributed by atoms with Crippen LogP contribution in [0.4, 0.5) is 0 Å². The number of carbonyl (C=O) groups excluding carboxylic acids is 1. The van der Waals surface area contributed by atoms with Crippen LogP contribution in [0.1, 0.15) is 25.8 Å². The standard InChI is InChI=1S/C15H18O3/c1-13(18-14(2)16)8-6-7-11-17-12-15-9-4-3-5-10-15/h3-5,9-10,13H,8,11-12H2,1-2H3/t13-/m1/s1. The highest BCUT2D eigenvalue weighted by atomic mass is 16.5. The number of rotatable bonds is 5. The Kier molecular flexibility index (Phi) is 6.60. The molecule has 1 aromatic carbocycles. The Morgan fingerprint density at radius 1 is 1.28 bits per heavy atom. The highest BCUT2D eigenvalue weighted by Crippen LogP contribution is 2.00. The zero-order chi connectivity index (χ0) is 13.2. The predicted molar refractivity (Wildman–Crippen MR) is 69.7 cm³/mol. The molecule has 0 aliphatic rings. The highest BCUT2D eigenvalue weighted by molar-refractivity contribution is 5.66. The Hall–Kier alpha value is -1.79. The van der Waals surface area contributed by atoms with Gasteiger partial charge in [0.1, 0.15) is 12.7 Å². The maximum absolute atomic E-state index is 10.7. The fourth-order valence-electron chi connectivity index (χ4n) is 1.39. The Morgan fingerprint density at radius 2 is 2.00 bits per heavy atom. The highest BCUT2D eigenvalue weighted by Gasteiger charge is 2.01. The molecule has 0 N–H and O–H groups in total. The molecule has 0 amide bonds. The van der Waals surface area contributed by atoms with E-state index >= 15 is 0 Å². The van der Waals surface area contributed by atoms with Gasteiger partial charge in [-0.3, -0.25) is 4.79 Å². The number of ether oxygens (including phenoxy) is 2. The largest absolute Gasteiger partial charge is 0.462 e. The van der Waals surface area contributed by atoms with Gasteiger partial charge in [0.05, 0.1) is 6.61 Å². The summed E-state index contributed by atoms with van der Waals surface area (Å²) >= 11 is 0. The molecule has 1 rings (SSSR count). The van der Waals surface area contributed by atoms with Crippen molar-refractivity contribution in [1.82, 2.24) is 0 Å². The molecule has 0 bridgehead atoms. The Bertz CT molecular complexity index is 414. The topological polar surface area (TPSA) is 35.5 Å². The van der Waals surface area contributed by atoms with Crippen LogP contribution in [0.15, 0.2) is 30.3 Å². The van der Waals surface area contributed by atoms with Gasteiger partial charge in [0.2, 0.25) is 0 Å². The second kappa shape index (κ2) is 8.32. The number of hydrogen-bond acceptors (Lipinski definition) is 3. The molecule has 0 radical (unpaired) electrons. The van der Waals surface area contributed by atoms with Crippen molar-refractivity contribution in [2.24, 2.45) is 0 Å². The summed E-state index contributed by atoms with van der Waals surface area (Å²) in [5.41, 5.74) is 1.13. The summed E-state index contributed by atoms with van der Waals surface area (Å²) in [5, 5.41) is 0. The number of hydrogen-bond donors (Lipinski definition) is 0. The van der Waals surface area contributed by atoms with E-state index in [1.165, 1.54) is 6.92 Å². The molecule has 1 aromatic rings. The van der Waals surface area contributed by atoms with Crippen molar-refractivity contribution in [3.05, 3.63) is 35.9 Å². The summed E-state index contributed by atoms with van der Waals surface area (Å²) < 4.78 is 10.3. The van der Waals surface area contributed by atoms with Crippen LogP contribution in [0, 0.1) is 11.8 Å². The molecule has 96 valence electrons. The van der Waals surface area contributed by atoms with Gasteiger partial charge in [-0.25, -0.2) is 0 Å². The van der Waals surface area contributed by atoms with Gasteiger partial charge in [-0.15, -0.1) is 0 Å². The molecule has 18 heavy (non-hydrogen) atoms. The molecule has 0 fully saturated rings. The first-order valence-electron chi connectivity index (χ1n) is 5.93. The van der Waals surface area contributed by atoms with Gasteiger partial charge in [-0.2, -0.15) is 0 Å². The molecule has 0 aliphatic heterocycles. The van der Waals surface area contributed by atoms with E-state index in [0.717, 1.165) is 5.56 Å². The zero-order valence-corrected chi connectivity index (χ0v) is 10.8. The molecule has 0 heterocycles. The van der Waals surface area contributed by atoms with Gasteiger partial charge in [-0.05, 0) is 12.5 Å². The Labute approximate surface area is 108 Å². The molecule has 0 aromatic heterocycles. The molecule has 3 heteroatoms. The van der Waals surface area contributed by atoms with Crippen molar-refractivity contribution in [2.45, 2.75) is 33.0 Å². The van der Waals surface area contributed by atoms with E-state index in [-0.39, 0.29) is 12.1 Å². The number of carbonyl (C=O) groups is 1. The third-order valence-corrected chi connectivity index (χ3v) is 2.17. The van der Waals surface area contributed by atoms with E-state index in [9.17, 15) is 4.79 Å². The molecule has 0 saturated carbocycles. The summed E-state index contributed by atoms with van der Waals surface area (Å²) in [5.74, 6) is 5.55. The molecule has 3 nitrogen and oxygen atoms in total. The van der Waals surface area contributed by atoms with Gasteiger partial charge in [-0.1, -0.05) is 42.2 Å². The normalized spacial score (nSPS) is 11.2. The maximum atomic E-state index is 10.7. The fourth-order valence-corrected chi connectivity index (χ4v) is 1.39. The minimum Gasteiger partial charge on any atom is -0.462 e. The Morgan fingerprint density at radius 3 is 2.67 bits per heavy atom.